The quantitative estimate of drug-likeness (QED) is 0.819. The number of hydrogen-bond donors (Lipinski definition) is 1. The molecule has 1 saturated heterocycles. The maximum Gasteiger partial charge on any atom is 0.406 e. The highest BCUT2D eigenvalue weighted by Gasteiger charge is 2.45. The third kappa shape index (κ3) is 4.57. The maximum absolute atomic E-state index is 12.8. The molecule has 7 heteroatoms. The standard InChI is InChI=1S/C14H25F3N2O2/c1-3-11(4-2)19(10-14(15,16)17)12(20)13(9-18)5-7-21-8-6-13/h11H,3-10,18H2,1-2H3. The van der Waals surface area contributed by atoms with Crippen LogP contribution in [0.1, 0.15) is 39.5 Å². The lowest BCUT2D eigenvalue weighted by Gasteiger charge is -2.42. The Morgan fingerprint density at radius 3 is 2.19 bits per heavy atom. The number of hydrogen-bond acceptors (Lipinski definition) is 3. The number of amides is 1. The molecule has 1 amide bonds. The summed E-state index contributed by atoms with van der Waals surface area (Å²) in [4.78, 5) is 13.8. The first kappa shape index (κ1) is 18.2. The van der Waals surface area contributed by atoms with E-state index in [0.29, 0.717) is 38.9 Å². The first-order valence-corrected chi connectivity index (χ1v) is 7.45. The molecule has 0 saturated carbocycles. The molecular formula is C14H25F3N2O2. The van der Waals surface area contributed by atoms with Gasteiger partial charge in [0.2, 0.25) is 5.91 Å². The number of rotatable bonds is 6. The highest BCUT2D eigenvalue weighted by Crippen LogP contribution is 2.34. The summed E-state index contributed by atoms with van der Waals surface area (Å²) in [6.07, 6.45) is -2.64. The average molecular weight is 310 g/mol. The number of alkyl halides is 3. The Bertz CT molecular complexity index is 338. The van der Waals surface area contributed by atoms with Gasteiger partial charge in [-0.25, -0.2) is 0 Å². The van der Waals surface area contributed by atoms with Crippen LogP contribution in [0.15, 0.2) is 0 Å². The zero-order chi connectivity index (χ0) is 16.1. The van der Waals surface area contributed by atoms with Crippen LogP contribution in [0.5, 0.6) is 0 Å². The molecule has 0 radical (unpaired) electrons. The van der Waals surface area contributed by atoms with E-state index in [9.17, 15) is 18.0 Å². The first-order chi connectivity index (χ1) is 9.79. The topological polar surface area (TPSA) is 55.6 Å². The number of nitrogens with zero attached hydrogens (tertiary/aromatic N) is 1. The number of nitrogens with two attached hydrogens (primary N) is 1. The predicted molar refractivity (Wildman–Crippen MR) is 73.7 cm³/mol. The molecule has 124 valence electrons. The van der Waals surface area contributed by atoms with E-state index in [1.54, 1.807) is 13.8 Å². The smallest absolute Gasteiger partial charge is 0.381 e. The fourth-order valence-electron chi connectivity index (χ4n) is 2.86. The van der Waals surface area contributed by atoms with Crippen LogP contribution in [-0.2, 0) is 9.53 Å². The van der Waals surface area contributed by atoms with Crippen molar-refractivity contribution in [2.45, 2.75) is 51.7 Å². The Kier molecular flexibility index (Phi) is 6.46. The minimum absolute atomic E-state index is 0.0592. The Hall–Kier alpha value is -0.820. The SMILES string of the molecule is CCC(CC)N(CC(F)(F)F)C(=O)C1(CN)CCOCC1. The van der Waals surface area contributed by atoms with Crippen molar-refractivity contribution < 1.29 is 22.7 Å². The van der Waals surface area contributed by atoms with Crippen molar-refractivity contribution in [1.29, 1.82) is 0 Å². The summed E-state index contributed by atoms with van der Waals surface area (Å²) < 4.78 is 43.8. The van der Waals surface area contributed by atoms with Gasteiger partial charge < -0.3 is 15.4 Å². The third-order valence-electron chi connectivity index (χ3n) is 4.29. The van der Waals surface area contributed by atoms with Crippen LogP contribution in [-0.4, -0.2) is 49.3 Å². The van der Waals surface area contributed by atoms with Gasteiger partial charge in [0.1, 0.15) is 6.54 Å². The van der Waals surface area contributed by atoms with Crippen molar-refractivity contribution in [3.05, 3.63) is 0 Å². The van der Waals surface area contributed by atoms with E-state index in [-0.39, 0.29) is 6.54 Å². The van der Waals surface area contributed by atoms with Crippen LogP contribution in [0.3, 0.4) is 0 Å². The van der Waals surface area contributed by atoms with Crippen LogP contribution in [0.2, 0.25) is 0 Å². The minimum Gasteiger partial charge on any atom is -0.381 e. The number of carbonyl (C=O) groups is 1. The van der Waals surface area contributed by atoms with Gasteiger partial charge in [0.05, 0.1) is 5.41 Å². The molecule has 1 fully saturated rings. The molecule has 0 bridgehead atoms. The van der Waals surface area contributed by atoms with Crippen molar-refractivity contribution in [1.82, 2.24) is 4.90 Å². The average Bonchev–Trinajstić information content (AvgIpc) is 2.46. The van der Waals surface area contributed by atoms with Gasteiger partial charge in [0.15, 0.2) is 0 Å². The lowest BCUT2D eigenvalue weighted by atomic mass is 9.78. The molecule has 0 aliphatic carbocycles. The molecule has 1 heterocycles. The van der Waals surface area contributed by atoms with Crippen LogP contribution in [0.25, 0.3) is 0 Å². The summed E-state index contributed by atoms with van der Waals surface area (Å²) in [5, 5.41) is 0. The van der Waals surface area contributed by atoms with Gasteiger partial charge in [-0.05, 0) is 25.7 Å². The minimum atomic E-state index is -4.40. The Labute approximate surface area is 123 Å². The van der Waals surface area contributed by atoms with Crippen molar-refractivity contribution in [3.63, 3.8) is 0 Å². The summed E-state index contributed by atoms with van der Waals surface area (Å²) >= 11 is 0. The van der Waals surface area contributed by atoms with Crippen molar-refractivity contribution in [2.24, 2.45) is 11.1 Å². The lowest BCUT2D eigenvalue weighted by Crippen LogP contribution is -2.55. The molecule has 21 heavy (non-hydrogen) atoms. The molecule has 1 aliphatic rings. The van der Waals surface area contributed by atoms with E-state index in [0.717, 1.165) is 4.90 Å². The second kappa shape index (κ2) is 7.45. The zero-order valence-corrected chi connectivity index (χ0v) is 12.7. The molecule has 0 atom stereocenters. The Morgan fingerprint density at radius 2 is 1.81 bits per heavy atom. The Balaban J connectivity index is 3.02. The van der Waals surface area contributed by atoms with E-state index < -0.39 is 30.1 Å². The number of halogens is 3. The number of ether oxygens (including phenoxy) is 1. The second-order valence-electron chi connectivity index (χ2n) is 5.62. The summed E-state index contributed by atoms with van der Waals surface area (Å²) in [6, 6.07) is -0.412. The molecule has 0 aromatic rings. The van der Waals surface area contributed by atoms with Crippen molar-refractivity contribution in [3.8, 4) is 0 Å². The molecule has 0 unspecified atom stereocenters. The molecule has 0 spiro atoms. The second-order valence-corrected chi connectivity index (χ2v) is 5.62. The summed E-state index contributed by atoms with van der Waals surface area (Å²) in [5.74, 6) is -0.473. The van der Waals surface area contributed by atoms with Gasteiger partial charge in [0, 0.05) is 25.8 Å². The highest BCUT2D eigenvalue weighted by atomic mass is 19.4. The van der Waals surface area contributed by atoms with Crippen LogP contribution < -0.4 is 5.73 Å². The van der Waals surface area contributed by atoms with Gasteiger partial charge in [-0.3, -0.25) is 4.79 Å². The van der Waals surface area contributed by atoms with Crippen LogP contribution in [0, 0.1) is 5.41 Å². The third-order valence-corrected chi connectivity index (χ3v) is 4.29. The molecule has 0 aromatic heterocycles. The largest absolute Gasteiger partial charge is 0.406 e. The molecule has 2 N–H and O–H groups in total. The van der Waals surface area contributed by atoms with E-state index in [4.69, 9.17) is 10.5 Å². The van der Waals surface area contributed by atoms with Gasteiger partial charge in [-0.2, -0.15) is 13.2 Å². The van der Waals surface area contributed by atoms with E-state index in [2.05, 4.69) is 0 Å². The fraction of sp³-hybridized carbons (Fsp3) is 0.929. The summed E-state index contributed by atoms with van der Waals surface area (Å²) in [7, 11) is 0. The Morgan fingerprint density at radius 1 is 1.29 bits per heavy atom. The molecule has 0 aromatic carbocycles. The normalized spacial score (nSPS) is 18.8. The summed E-state index contributed by atoms with van der Waals surface area (Å²) in [6.45, 7) is 3.18. The van der Waals surface area contributed by atoms with E-state index in [1.165, 1.54) is 0 Å². The molecule has 1 aliphatic heterocycles. The van der Waals surface area contributed by atoms with Crippen LogP contribution >= 0.6 is 0 Å². The molecule has 1 rings (SSSR count). The van der Waals surface area contributed by atoms with Crippen LogP contribution in [0.4, 0.5) is 13.2 Å². The van der Waals surface area contributed by atoms with Gasteiger partial charge >= 0.3 is 6.18 Å². The lowest BCUT2D eigenvalue weighted by molar-refractivity contribution is -0.175. The highest BCUT2D eigenvalue weighted by molar-refractivity contribution is 5.83. The van der Waals surface area contributed by atoms with Crippen molar-refractivity contribution in [2.75, 3.05) is 26.3 Å². The predicted octanol–water partition coefficient (Wildman–Crippen LogP) is 2.32. The molecular weight excluding hydrogens is 285 g/mol. The fourth-order valence-corrected chi connectivity index (χ4v) is 2.86. The zero-order valence-electron chi connectivity index (χ0n) is 12.7. The van der Waals surface area contributed by atoms with Crippen molar-refractivity contribution >= 4 is 5.91 Å². The monoisotopic (exact) mass is 310 g/mol. The van der Waals surface area contributed by atoms with Gasteiger partial charge in [-0.15, -0.1) is 0 Å². The summed E-state index contributed by atoms with van der Waals surface area (Å²) in [5.41, 5.74) is 4.83. The maximum atomic E-state index is 12.8. The van der Waals surface area contributed by atoms with Gasteiger partial charge in [0.25, 0.3) is 0 Å². The van der Waals surface area contributed by atoms with E-state index >= 15 is 0 Å². The van der Waals surface area contributed by atoms with E-state index in [1.807, 2.05) is 0 Å². The molecule has 4 nitrogen and oxygen atoms in total. The first-order valence-electron chi connectivity index (χ1n) is 7.45. The van der Waals surface area contributed by atoms with Gasteiger partial charge in [-0.1, -0.05) is 13.8 Å². The number of carbonyl (C=O) groups excluding carboxylic acids is 1.